The van der Waals surface area contributed by atoms with Gasteiger partial charge in [0.2, 0.25) is 0 Å². The fourth-order valence-electron chi connectivity index (χ4n) is 0.747. The van der Waals surface area contributed by atoms with Crippen LogP contribution in [0.4, 0.5) is 0 Å². The third kappa shape index (κ3) is 1.23. The molecule has 1 fully saturated rings. The molecule has 1 rings (SSSR count). The molecule has 0 atom stereocenters. The molecule has 0 aromatic heterocycles. The lowest BCUT2D eigenvalue weighted by molar-refractivity contribution is 0.362. The second-order valence-electron chi connectivity index (χ2n) is 1.77. The summed E-state index contributed by atoms with van der Waals surface area (Å²) in [5.74, 6) is 0. The number of rotatable bonds is 1. The van der Waals surface area contributed by atoms with Crippen molar-refractivity contribution in [1.29, 1.82) is 0 Å². The van der Waals surface area contributed by atoms with Crippen LogP contribution in [0.15, 0.2) is 0 Å². The van der Waals surface area contributed by atoms with Crippen molar-refractivity contribution in [2.75, 3.05) is 19.7 Å². The van der Waals surface area contributed by atoms with Crippen molar-refractivity contribution in [2.24, 2.45) is 0 Å². The Hall–Kier alpha value is -0.130. The van der Waals surface area contributed by atoms with Gasteiger partial charge in [0.1, 0.15) is 0 Å². The molecule has 0 aromatic rings. The van der Waals surface area contributed by atoms with E-state index in [1.54, 1.807) is 6.92 Å². The molecule has 54 valence electrons. The minimum atomic E-state index is -3.30. The first-order chi connectivity index (χ1) is 4.17. The molecule has 4 nitrogen and oxygen atoms in total. The summed E-state index contributed by atoms with van der Waals surface area (Å²) in [5.41, 5.74) is 0. The smallest absolute Gasteiger partial charge is 0.257 e. The summed E-state index contributed by atoms with van der Waals surface area (Å²) in [7, 11) is -3.30. The third-order valence-corrected chi connectivity index (χ3v) is 2.78. The van der Waals surface area contributed by atoms with Crippen LogP contribution in [0, 0.1) is 0 Å². The Morgan fingerprint density at radius 2 is 2.33 bits per heavy atom. The predicted molar refractivity (Wildman–Crippen MR) is 32.1 cm³/mol. The summed E-state index contributed by atoms with van der Waals surface area (Å²) in [6, 6.07) is 0. The van der Waals surface area contributed by atoms with E-state index in [0.717, 1.165) is 0 Å². The highest BCUT2D eigenvalue weighted by Crippen LogP contribution is 2.09. The zero-order valence-electron chi connectivity index (χ0n) is 5.20. The van der Waals surface area contributed by atoms with Gasteiger partial charge in [-0.25, -0.2) is 0 Å². The molecule has 1 heterocycles. The third-order valence-electron chi connectivity index (χ3n) is 1.24. The minimum Gasteiger partial charge on any atom is -0.257 e. The summed E-state index contributed by atoms with van der Waals surface area (Å²) in [6.07, 6.45) is 0. The lowest BCUT2D eigenvalue weighted by Crippen LogP contribution is -2.24. The van der Waals surface area contributed by atoms with E-state index in [2.05, 4.69) is 4.18 Å². The van der Waals surface area contributed by atoms with Crippen molar-refractivity contribution in [3.05, 3.63) is 0 Å². The van der Waals surface area contributed by atoms with Gasteiger partial charge >= 0.3 is 10.3 Å². The Morgan fingerprint density at radius 1 is 1.67 bits per heavy atom. The predicted octanol–water partition coefficient (Wildman–Crippen LogP) is -0.417. The van der Waals surface area contributed by atoms with Crippen LogP contribution in [0.25, 0.3) is 0 Å². The maximum Gasteiger partial charge on any atom is 0.338 e. The summed E-state index contributed by atoms with van der Waals surface area (Å²) in [4.78, 5) is 0. The van der Waals surface area contributed by atoms with Crippen LogP contribution in [0.2, 0.25) is 0 Å². The zero-order valence-corrected chi connectivity index (χ0v) is 6.02. The van der Waals surface area contributed by atoms with E-state index < -0.39 is 10.3 Å². The highest BCUT2D eigenvalue weighted by molar-refractivity contribution is 7.84. The first-order valence-corrected chi connectivity index (χ1v) is 4.18. The summed E-state index contributed by atoms with van der Waals surface area (Å²) >= 11 is 0. The highest BCUT2D eigenvalue weighted by Gasteiger charge is 2.27. The Morgan fingerprint density at radius 3 is 2.56 bits per heavy atom. The average molecular weight is 151 g/mol. The maximum atomic E-state index is 10.7. The van der Waals surface area contributed by atoms with Crippen molar-refractivity contribution in [3.63, 3.8) is 0 Å². The molecule has 0 amide bonds. The molecule has 0 radical (unpaired) electrons. The molecule has 5 heteroatoms. The van der Waals surface area contributed by atoms with Gasteiger partial charge in [0, 0.05) is 13.1 Å². The van der Waals surface area contributed by atoms with E-state index in [0.29, 0.717) is 19.7 Å². The molecule has 1 aliphatic heterocycles. The number of nitrogens with zero attached hydrogens (tertiary/aromatic N) is 1. The number of hydrogen-bond donors (Lipinski definition) is 0. The van der Waals surface area contributed by atoms with Gasteiger partial charge in [-0.15, -0.1) is 0 Å². The van der Waals surface area contributed by atoms with Crippen LogP contribution in [-0.4, -0.2) is 32.4 Å². The molecular formula is C4H9NO3S. The standard InChI is InChI=1S/C4H9NO3S/c1-2-5-3-4-8-9(5,6)7/h2-4H2,1H3. The molecule has 0 aromatic carbocycles. The number of hydrogen-bond acceptors (Lipinski definition) is 3. The van der Waals surface area contributed by atoms with E-state index in [1.165, 1.54) is 4.31 Å². The van der Waals surface area contributed by atoms with Crippen LogP contribution < -0.4 is 0 Å². The average Bonchev–Trinajstić information content (AvgIpc) is 2.08. The molecule has 1 saturated heterocycles. The topological polar surface area (TPSA) is 46.6 Å². The van der Waals surface area contributed by atoms with Gasteiger partial charge in [-0.05, 0) is 0 Å². The fraction of sp³-hybridized carbons (Fsp3) is 1.00. The molecule has 0 unspecified atom stereocenters. The van der Waals surface area contributed by atoms with Crippen molar-refractivity contribution in [3.8, 4) is 0 Å². The summed E-state index contributed by atoms with van der Waals surface area (Å²) < 4.78 is 27.1. The monoisotopic (exact) mass is 151 g/mol. The normalized spacial score (nSPS) is 26.8. The van der Waals surface area contributed by atoms with Crippen molar-refractivity contribution >= 4 is 10.3 Å². The van der Waals surface area contributed by atoms with Crippen LogP contribution in [0.3, 0.4) is 0 Å². The van der Waals surface area contributed by atoms with Gasteiger partial charge in [-0.1, -0.05) is 6.92 Å². The Labute approximate surface area is 54.7 Å². The maximum absolute atomic E-state index is 10.7. The van der Waals surface area contributed by atoms with E-state index in [9.17, 15) is 8.42 Å². The molecule has 0 bridgehead atoms. The molecular weight excluding hydrogens is 142 g/mol. The highest BCUT2D eigenvalue weighted by atomic mass is 32.2. The lowest BCUT2D eigenvalue weighted by Gasteiger charge is -2.06. The van der Waals surface area contributed by atoms with Gasteiger partial charge in [0.25, 0.3) is 0 Å². The van der Waals surface area contributed by atoms with E-state index in [-0.39, 0.29) is 0 Å². The van der Waals surface area contributed by atoms with Gasteiger partial charge in [0.15, 0.2) is 0 Å². The van der Waals surface area contributed by atoms with Gasteiger partial charge < -0.3 is 0 Å². The van der Waals surface area contributed by atoms with Crippen LogP contribution in [0.5, 0.6) is 0 Å². The molecule has 0 aliphatic carbocycles. The molecule has 1 aliphatic rings. The molecule has 0 spiro atoms. The minimum absolute atomic E-state index is 0.302. The molecule has 9 heavy (non-hydrogen) atoms. The van der Waals surface area contributed by atoms with Crippen LogP contribution >= 0.6 is 0 Å². The van der Waals surface area contributed by atoms with Crippen molar-refractivity contribution in [1.82, 2.24) is 4.31 Å². The Balaban J connectivity index is 2.75. The molecule has 0 N–H and O–H groups in total. The van der Waals surface area contributed by atoms with E-state index in [4.69, 9.17) is 0 Å². The summed E-state index contributed by atoms with van der Waals surface area (Å²) in [6.45, 7) is 3.09. The second kappa shape index (κ2) is 2.24. The Kier molecular flexibility index (Phi) is 1.74. The SMILES string of the molecule is CCN1CCOS1(=O)=O. The van der Waals surface area contributed by atoms with Crippen molar-refractivity contribution in [2.45, 2.75) is 6.92 Å². The first-order valence-electron chi connectivity index (χ1n) is 2.81. The van der Waals surface area contributed by atoms with Crippen LogP contribution in [-0.2, 0) is 14.5 Å². The quantitative estimate of drug-likeness (QED) is 0.511. The van der Waals surface area contributed by atoms with Gasteiger partial charge in [-0.3, -0.25) is 4.18 Å². The second-order valence-corrected chi connectivity index (χ2v) is 3.38. The van der Waals surface area contributed by atoms with Crippen molar-refractivity contribution < 1.29 is 12.6 Å². The molecule has 0 saturated carbocycles. The first kappa shape index (κ1) is 6.98. The number of likely N-dealkylation sites (N-methyl/N-ethyl adjacent to an activating group) is 1. The van der Waals surface area contributed by atoms with Gasteiger partial charge in [0.05, 0.1) is 6.61 Å². The fourth-order valence-corrected chi connectivity index (χ4v) is 1.80. The van der Waals surface area contributed by atoms with Gasteiger partial charge in [-0.2, -0.15) is 12.7 Å². The zero-order chi connectivity index (χ0) is 6.91. The lowest BCUT2D eigenvalue weighted by atomic mass is 10.6. The van der Waals surface area contributed by atoms with E-state index in [1.807, 2.05) is 0 Å². The summed E-state index contributed by atoms with van der Waals surface area (Å²) in [5, 5.41) is 0. The Bertz CT molecular complexity index is 186. The van der Waals surface area contributed by atoms with E-state index >= 15 is 0 Å². The van der Waals surface area contributed by atoms with Crippen LogP contribution in [0.1, 0.15) is 6.92 Å². The largest absolute Gasteiger partial charge is 0.338 e.